The lowest BCUT2D eigenvalue weighted by atomic mass is 9.80. The normalized spacial score (nSPS) is 25.9. The molecule has 1 aliphatic heterocycles. The zero-order chi connectivity index (χ0) is 10.7. The van der Waals surface area contributed by atoms with E-state index >= 15 is 0 Å². The molecule has 4 heteroatoms. The number of primary amides is 1. The quantitative estimate of drug-likeness (QED) is 0.684. The first-order chi connectivity index (χ1) is 7.27. The van der Waals surface area contributed by atoms with Crippen LogP contribution in [0.3, 0.4) is 0 Å². The van der Waals surface area contributed by atoms with Crippen LogP contribution in [0.2, 0.25) is 0 Å². The summed E-state index contributed by atoms with van der Waals surface area (Å²) < 4.78 is 0. The van der Waals surface area contributed by atoms with Gasteiger partial charge in [-0.05, 0) is 12.3 Å². The molecule has 1 aliphatic carbocycles. The summed E-state index contributed by atoms with van der Waals surface area (Å²) in [5.41, 5.74) is 5.49. The molecule has 0 aromatic heterocycles. The minimum absolute atomic E-state index is 0.0163. The van der Waals surface area contributed by atoms with Gasteiger partial charge in [0.1, 0.15) is 0 Å². The number of carbonyl (C=O) groups is 1. The number of piperazine rings is 1. The fourth-order valence-corrected chi connectivity index (χ4v) is 2.48. The topological polar surface area (TPSA) is 58.4 Å². The summed E-state index contributed by atoms with van der Waals surface area (Å²) in [5.74, 6) is 0.612. The van der Waals surface area contributed by atoms with Gasteiger partial charge in [-0.1, -0.05) is 19.3 Å². The largest absolute Gasteiger partial charge is 0.368 e. The molecule has 0 aromatic carbocycles. The van der Waals surface area contributed by atoms with Gasteiger partial charge in [-0.3, -0.25) is 9.69 Å². The van der Waals surface area contributed by atoms with Gasteiger partial charge in [-0.2, -0.15) is 0 Å². The summed E-state index contributed by atoms with van der Waals surface area (Å²) in [6.07, 6.45) is 4.89. The number of hydrogen-bond donors (Lipinski definition) is 2. The first kappa shape index (κ1) is 10.9. The number of rotatable bonds is 4. The average Bonchev–Trinajstić information content (AvgIpc) is 2.17. The third-order valence-electron chi connectivity index (χ3n) is 3.70. The lowest BCUT2D eigenvalue weighted by Crippen LogP contribution is -2.53. The van der Waals surface area contributed by atoms with Crippen LogP contribution in [0.5, 0.6) is 0 Å². The fourth-order valence-electron chi connectivity index (χ4n) is 2.48. The standard InChI is InChI=1S/C11H21N3O/c12-11(15)10(8-9-2-1-3-9)14-6-4-13-5-7-14/h9-10,13H,1-8H2,(H2,12,15). The molecule has 3 N–H and O–H groups in total. The Balaban J connectivity index is 1.88. The zero-order valence-corrected chi connectivity index (χ0v) is 9.24. The summed E-state index contributed by atoms with van der Waals surface area (Å²) in [5, 5.41) is 3.30. The van der Waals surface area contributed by atoms with E-state index in [0.717, 1.165) is 38.5 Å². The lowest BCUT2D eigenvalue weighted by molar-refractivity contribution is -0.124. The summed E-state index contributed by atoms with van der Waals surface area (Å²) in [6, 6.07) is -0.0163. The van der Waals surface area contributed by atoms with Crippen molar-refractivity contribution in [2.75, 3.05) is 26.2 Å². The molecule has 1 heterocycles. The molecule has 2 rings (SSSR count). The number of carbonyl (C=O) groups excluding carboxylic acids is 1. The van der Waals surface area contributed by atoms with Crippen LogP contribution in [0.4, 0.5) is 0 Å². The van der Waals surface area contributed by atoms with Crippen molar-refractivity contribution in [2.45, 2.75) is 31.7 Å². The maximum Gasteiger partial charge on any atom is 0.234 e. The molecule has 0 bridgehead atoms. The predicted molar refractivity (Wildman–Crippen MR) is 59.4 cm³/mol. The Morgan fingerprint density at radius 2 is 2.07 bits per heavy atom. The number of nitrogens with zero attached hydrogens (tertiary/aromatic N) is 1. The van der Waals surface area contributed by atoms with Crippen molar-refractivity contribution in [3.63, 3.8) is 0 Å². The van der Waals surface area contributed by atoms with Gasteiger partial charge in [0.25, 0.3) is 0 Å². The Labute approximate surface area is 91.2 Å². The van der Waals surface area contributed by atoms with E-state index in [2.05, 4.69) is 10.2 Å². The van der Waals surface area contributed by atoms with Crippen molar-refractivity contribution in [1.82, 2.24) is 10.2 Å². The number of hydrogen-bond acceptors (Lipinski definition) is 3. The van der Waals surface area contributed by atoms with E-state index < -0.39 is 0 Å². The molecular weight excluding hydrogens is 190 g/mol. The summed E-state index contributed by atoms with van der Waals surface area (Å²) in [6.45, 7) is 3.88. The van der Waals surface area contributed by atoms with Crippen molar-refractivity contribution < 1.29 is 4.79 Å². The van der Waals surface area contributed by atoms with Crippen LogP contribution < -0.4 is 11.1 Å². The Morgan fingerprint density at radius 1 is 1.40 bits per heavy atom. The summed E-state index contributed by atoms with van der Waals surface area (Å²) >= 11 is 0. The van der Waals surface area contributed by atoms with E-state index in [1.54, 1.807) is 0 Å². The van der Waals surface area contributed by atoms with Crippen LogP contribution in [0.1, 0.15) is 25.7 Å². The Bertz CT molecular complexity index is 222. The Morgan fingerprint density at radius 3 is 2.53 bits per heavy atom. The maximum atomic E-state index is 11.4. The van der Waals surface area contributed by atoms with Crippen molar-refractivity contribution in [3.05, 3.63) is 0 Å². The van der Waals surface area contributed by atoms with E-state index in [4.69, 9.17) is 5.73 Å². The summed E-state index contributed by atoms with van der Waals surface area (Å²) in [4.78, 5) is 13.7. The minimum Gasteiger partial charge on any atom is -0.368 e. The van der Waals surface area contributed by atoms with Crippen LogP contribution >= 0.6 is 0 Å². The van der Waals surface area contributed by atoms with Crippen LogP contribution in [0.25, 0.3) is 0 Å². The molecule has 2 aliphatic rings. The Hall–Kier alpha value is -0.610. The van der Waals surface area contributed by atoms with Gasteiger partial charge in [-0.25, -0.2) is 0 Å². The van der Waals surface area contributed by atoms with Crippen LogP contribution in [-0.4, -0.2) is 43.0 Å². The molecule has 0 radical (unpaired) electrons. The van der Waals surface area contributed by atoms with Crippen molar-refractivity contribution >= 4 is 5.91 Å². The average molecular weight is 211 g/mol. The first-order valence-corrected chi connectivity index (χ1v) is 6.01. The molecule has 1 atom stereocenters. The van der Waals surface area contributed by atoms with E-state index in [1.807, 2.05) is 0 Å². The van der Waals surface area contributed by atoms with Crippen LogP contribution in [0, 0.1) is 5.92 Å². The highest BCUT2D eigenvalue weighted by molar-refractivity contribution is 5.79. The van der Waals surface area contributed by atoms with E-state index in [0.29, 0.717) is 0 Å². The van der Waals surface area contributed by atoms with Gasteiger partial charge in [0.05, 0.1) is 6.04 Å². The Kier molecular flexibility index (Phi) is 3.59. The number of nitrogens with two attached hydrogens (primary N) is 1. The van der Waals surface area contributed by atoms with Crippen LogP contribution in [-0.2, 0) is 4.79 Å². The van der Waals surface area contributed by atoms with E-state index in [-0.39, 0.29) is 11.9 Å². The van der Waals surface area contributed by atoms with Crippen molar-refractivity contribution in [3.8, 4) is 0 Å². The molecule has 15 heavy (non-hydrogen) atoms. The highest BCUT2D eigenvalue weighted by Crippen LogP contribution is 2.31. The highest BCUT2D eigenvalue weighted by atomic mass is 16.1. The second-order valence-corrected chi connectivity index (χ2v) is 4.74. The summed E-state index contributed by atoms with van der Waals surface area (Å²) in [7, 11) is 0. The molecule has 1 saturated carbocycles. The van der Waals surface area contributed by atoms with E-state index in [1.165, 1.54) is 19.3 Å². The third kappa shape index (κ3) is 2.69. The molecule has 0 spiro atoms. The fraction of sp³-hybridized carbons (Fsp3) is 0.909. The van der Waals surface area contributed by atoms with Crippen molar-refractivity contribution in [2.24, 2.45) is 11.7 Å². The third-order valence-corrected chi connectivity index (χ3v) is 3.70. The molecule has 1 amide bonds. The molecule has 0 aromatic rings. The van der Waals surface area contributed by atoms with Gasteiger partial charge in [0, 0.05) is 26.2 Å². The second kappa shape index (κ2) is 4.94. The molecule has 1 saturated heterocycles. The smallest absolute Gasteiger partial charge is 0.234 e. The SMILES string of the molecule is NC(=O)C(CC1CCC1)N1CCNCC1. The second-order valence-electron chi connectivity index (χ2n) is 4.74. The molecule has 4 nitrogen and oxygen atoms in total. The maximum absolute atomic E-state index is 11.4. The van der Waals surface area contributed by atoms with Crippen molar-refractivity contribution in [1.29, 1.82) is 0 Å². The minimum atomic E-state index is -0.135. The van der Waals surface area contributed by atoms with Gasteiger partial charge in [0.2, 0.25) is 5.91 Å². The molecule has 86 valence electrons. The predicted octanol–water partition coefficient (Wildman–Crippen LogP) is -0.0643. The lowest BCUT2D eigenvalue weighted by Gasteiger charge is -2.37. The molecular formula is C11H21N3O. The monoisotopic (exact) mass is 211 g/mol. The molecule has 2 fully saturated rings. The highest BCUT2D eigenvalue weighted by Gasteiger charge is 2.30. The van der Waals surface area contributed by atoms with Gasteiger partial charge < -0.3 is 11.1 Å². The van der Waals surface area contributed by atoms with Crippen LogP contribution in [0.15, 0.2) is 0 Å². The van der Waals surface area contributed by atoms with E-state index in [9.17, 15) is 4.79 Å². The molecule has 1 unspecified atom stereocenters. The van der Waals surface area contributed by atoms with Gasteiger partial charge in [-0.15, -0.1) is 0 Å². The first-order valence-electron chi connectivity index (χ1n) is 6.01. The van der Waals surface area contributed by atoms with Gasteiger partial charge >= 0.3 is 0 Å². The number of nitrogens with one attached hydrogen (secondary N) is 1. The zero-order valence-electron chi connectivity index (χ0n) is 9.24. The van der Waals surface area contributed by atoms with Gasteiger partial charge in [0.15, 0.2) is 0 Å². The number of amides is 1.